The highest BCUT2D eigenvalue weighted by atomic mass is 32.1. The standard InChI is InChI=1S/C19H21FN4O2S/c1-26-17(25)15(12-6-8-14(20)9-7-12)10-21-18-23-24-11-16(22-19(24)27-18)13-4-2-3-5-13/h6-9,11,13,15H,2-5,10H2,1H3,(H,21,23). The number of anilines is 1. The van der Waals surface area contributed by atoms with Crippen LogP contribution in [0.3, 0.4) is 0 Å². The Labute approximate surface area is 160 Å². The van der Waals surface area contributed by atoms with E-state index < -0.39 is 5.92 Å². The van der Waals surface area contributed by atoms with Crippen LogP contribution in [0.5, 0.6) is 0 Å². The molecule has 1 atom stereocenters. The number of carbonyl (C=O) groups is 1. The van der Waals surface area contributed by atoms with Crippen molar-refractivity contribution >= 4 is 27.4 Å². The van der Waals surface area contributed by atoms with Crippen molar-refractivity contribution in [1.82, 2.24) is 14.6 Å². The number of benzene rings is 1. The van der Waals surface area contributed by atoms with Crippen molar-refractivity contribution in [2.45, 2.75) is 37.5 Å². The average molecular weight is 388 g/mol. The van der Waals surface area contributed by atoms with Gasteiger partial charge in [-0.1, -0.05) is 36.3 Å². The van der Waals surface area contributed by atoms with E-state index in [1.54, 1.807) is 16.6 Å². The predicted molar refractivity (Wildman–Crippen MR) is 102 cm³/mol. The van der Waals surface area contributed by atoms with Gasteiger partial charge in [0.15, 0.2) is 0 Å². The van der Waals surface area contributed by atoms with Gasteiger partial charge in [0, 0.05) is 12.5 Å². The van der Waals surface area contributed by atoms with Crippen molar-refractivity contribution < 1.29 is 13.9 Å². The Bertz CT molecular complexity index is 899. The second-order valence-electron chi connectivity index (χ2n) is 6.79. The van der Waals surface area contributed by atoms with Crippen molar-refractivity contribution in [3.63, 3.8) is 0 Å². The van der Waals surface area contributed by atoms with E-state index in [1.165, 1.54) is 56.3 Å². The number of hydrogen-bond acceptors (Lipinski definition) is 6. The fourth-order valence-corrected chi connectivity index (χ4v) is 4.37. The third-order valence-corrected chi connectivity index (χ3v) is 5.93. The van der Waals surface area contributed by atoms with Gasteiger partial charge in [-0.25, -0.2) is 13.9 Å². The summed E-state index contributed by atoms with van der Waals surface area (Å²) in [7, 11) is 1.35. The Kier molecular flexibility index (Phi) is 5.07. The maximum Gasteiger partial charge on any atom is 0.314 e. The number of ether oxygens (including phenoxy) is 1. The maximum absolute atomic E-state index is 13.2. The lowest BCUT2D eigenvalue weighted by molar-refractivity contribution is -0.142. The number of carbonyl (C=O) groups excluding carboxylic acids is 1. The molecule has 1 unspecified atom stereocenters. The highest BCUT2D eigenvalue weighted by Crippen LogP contribution is 2.34. The van der Waals surface area contributed by atoms with E-state index in [0.29, 0.717) is 23.2 Å². The highest BCUT2D eigenvalue weighted by Gasteiger charge is 2.23. The molecule has 0 amide bonds. The van der Waals surface area contributed by atoms with Gasteiger partial charge in [0.2, 0.25) is 10.1 Å². The first-order chi connectivity index (χ1) is 13.1. The summed E-state index contributed by atoms with van der Waals surface area (Å²) in [4.78, 5) is 17.7. The first kappa shape index (κ1) is 17.9. The van der Waals surface area contributed by atoms with Crippen LogP contribution in [0.15, 0.2) is 30.5 Å². The van der Waals surface area contributed by atoms with Gasteiger partial charge in [-0.15, -0.1) is 5.10 Å². The molecule has 0 saturated heterocycles. The summed E-state index contributed by atoms with van der Waals surface area (Å²) in [5, 5.41) is 8.40. The second kappa shape index (κ2) is 7.64. The topological polar surface area (TPSA) is 68.5 Å². The van der Waals surface area contributed by atoms with Crippen molar-refractivity contribution in [1.29, 1.82) is 0 Å². The molecule has 1 saturated carbocycles. The highest BCUT2D eigenvalue weighted by molar-refractivity contribution is 7.20. The number of rotatable bonds is 6. The van der Waals surface area contributed by atoms with Crippen LogP contribution in [0.4, 0.5) is 9.52 Å². The summed E-state index contributed by atoms with van der Waals surface area (Å²) in [6, 6.07) is 5.88. The van der Waals surface area contributed by atoms with E-state index in [-0.39, 0.29) is 11.8 Å². The van der Waals surface area contributed by atoms with Gasteiger partial charge in [-0.2, -0.15) is 0 Å². The molecule has 1 aliphatic carbocycles. The Balaban J connectivity index is 1.47. The van der Waals surface area contributed by atoms with Crippen LogP contribution in [0.2, 0.25) is 0 Å². The summed E-state index contributed by atoms with van der Waals surface area (Å²) in [6.07, 6.45) is 6.95. The molecule has 6 nitrogen and oxygen atoms in total. The normalized spacial score (nSPS) is 15.9. The summed E-state index contributed by atoms with van der Waals surface area (Å²) in [5.41, 5.74) is 1.82. The first-order valence-corrected chi connectivity index (χ1v) is 9.89. The zero-order valence-corrected chi connectivity index (χ0v) is 15.8. The summed E-state index contributed by atoms with van der Waals surface area (Å²) < 4.78 is 19.9. The van der Waals surface area contributed by atoms with Crippen LogP contribution in [0, 0.1) is 5.82 Å². The molecule has 8 heteroatoms. The molecule has 0 aliphatic heterocycles. The molecule has 0 spiro atoms. The minimum atomic E-state index is -0.541. The van der Waals surface area contributed by atoms with Crippen LogP contribution in [0.25, 0.3) is 4.96 Å². The van der Waals surface area contributed by atoms with E-state index in [2.05, 4.69) is 10.4 Å². The number of fused-ring (bicyclic) bond motifs is 1. The zero-order chi connectivity index (χ0) is 18.8. The monoisotopic (exact) mass is 388 g/mol. The summed E-state index contributed by atoms with van der Waals surface area (Å²) in [5.74, 6) is -0.702. The van der Waals surface area contributed by atoms with Crippen LogP contribution in [0.1, 0.15) is 48.8 Å². The number of nitrogens with one attached hydrogen (secondary N) is 1. The minimum absolute atomic E-state index is 0.310. The molecule has 142 valence electrons. The fraction of sp³-hybridized carbons (Fsp3) is 0.421. The molecule has 0 radical (unpaired) electrons. The van der Waals surface area contributed by atoms with E-state index in [0.717, 1.165) is 10.7 Å². The fourth-order valence-electron chi connectivity index (χ4n) is 3.57. The Morgan fingerprint density at radius 3 is 2.78 bits per heavy atom. The van der Waals surface area contributed by atoms with Gasteiger partial charge < -0.3 is 10.1 Å². The number of esters is 1. The SMILES string of the molecule is COC(=O)C(CNc1nn2cc(C3CCCC3)nc2s1)c1ccc(F)cc1. The van der Waals surface area contributed by atoms with Crippen LogP contribution >= 0.6 is 11.3 Å². The van der Waals surface area contributed by atoms with E-state index in [4.69, 9.17) is 9.72 Å². The molecular formula is C19H21FN4O2S. The Hall–Kier alpha value is -2.48. The third-order valence-electron chi connectivity index (χ3n) is 5.05. The molecule has 1 aromatic carbocycles. The summed E-state index contributed by atoms with van der Waals surface area (Å²) in [6.45, 7) is 0.310. The number of hydrogen-bond donors (Lipinski definition) is 1. The Morgan fingerprint density at radius 1 is 1.37 bits per heavy atom. The minimum Gasteiger partial charge on any atom is -0.468 e. The van der Waals surface area contributed by atoms with Crippen molar-refractivity contribution in [3.8, 4) is 0 Å². The van der Waals surface area contributed by atoms with Crippen LogP contribution < -0.4 is 5.32 Å². The van der Waals surface area contributed by atoms with Gasteiger partial charge >= 0.3 is 5.97 Å². The lowest BCUT2D eigenvalue weighted by Crippen LogP contribution is -2.22. The van der Waals surface area contributed by atoms with Crippen molar-refractivity contribution in [2.24, 2.45) is 0 Å². The van der Waals surface area contributed by atoms with Crippen molar-refractivity contribution in [3.05, 3.63) is 47.5 Å². The van der Waals surface area contributed by atoms with Gasteiger partial charge in [-0.05, 0) is 30.5 Å². The number of methoxy groups -OCH3 is 1. The molecule has 0 bridgehead atoms. The molecule has 1 aliphatic rings. The molecule has 4 rings (SSSR count). The van der Waals surface area contributed by atoms with E-state index >= 15 is 0 Å². The third kappa shape index (κ3) is 3.80. The molecule has 1 N–H and O–H groups in total. The van der Waals surface area contributed by atoms with Crippen LogP contribution in [-0.2, 0) is 9.53 Å². The predicted octanol–water partition coefficient (Wildman–Crippen LogP) is 3.96. The average Bonchev–Trinajstić information content (AvgIpc) is 3.38. The lowest BCUT2D eigenvalue weighted by Gasteiger charge is -2.15. The number of aromatic nitrogens is 3. The summed E-state index contributed by atoms with van der Waals surface area (Å²) >= 11 is 1.45. The molecule has 27 heavy (non-hydrogen) atoms. The smallest absolute Gasteiger partial charge is 0.314 e. The van der Waals surface area contributed by atoms with E-state index in [1.807, 2.05) is 6.20 Å². The quantitative estimate of drug-likeness (QED) is 0.648. The largest absolute Gasteiger partial charge is 0.468 e. The van der Waals surface area contributed by atoms with Gasteiger partial charge in [-0.3, -0.25) is 4.79 Å². The molecular weight excluding hydrogens is 367 g/mol. The Morgan fingerprint density at radius 2 is 2.11 bits per heavy atom. The van der Waals surface area contributed by atoms with Crippen LogP contribution in [-0.4, -0.2) is 34.2 Å². The molecule has 1 fully saturated rings. The van der Waals surface area contributed by atoms with Gasteiger partial charge in [0.1, 0.15) is 5.82 Å². The van der Waals surface area contributed by atoms with Crippen molar-refractivity contribution in [2.75, 3.05) is 19.0 Å². The first-order valence-electron chi connectivity index (χ1n) is 9.07. The number of imidazole rings is 1. The number of halogens is 1. The number of nitrogens with zero attached hydrogens (tertiary/aromatic N) is 3. The lowest BCUT2D eigenvalue weighted by atomic mass is 9.99. The maximum atomic E-state index is 13.2. The van der Waals surface area contributed by atoms with Gasteiger partial charge in [0.25, 0.3) is 0 Å². The second-order valence-corrected chi connectivity index (χ2v) is 7.75. The molecule has 2 aromatic heterocycles. The molecule has 2 heterocycles. The molecule has 3 aromatic rings. The van der Waals surface area contributed by atoms with Gasteiger partial charge in [0.05, 0.1) is 24.9 Å². The zero-order valence-electron chi connectivity index (χ0n) is 15.0. The van der Waals surface area contributed by atoms with E-state index in [9.17, 15) is 9.18 Å².